The van der Waals surface area contributed by atoms with Gasteiger partial charge in [0.15, 0.2) is 0 Å². The Labute approximate surface area is 191 Å². The number of benzene rings is 2. The molecule has 4 rings (SSSR count). The third-order valence-electron chi connectivity index (χ3n) is 6.69. The Kier molecular flexibility index (Phi) is 7.24. The maximum Gasteiger partial charge on any atom is 0.251 e. The first-order valence-electron chi connectivity index (χ1n) is 11.8. The van der Waals surface area contributed by atoms with Crippen molar-refractivity contribution in [3.05, 3.63) is 48.0 Å². The zero-order valence-corrected chi connectivity index (χ0v) is 19.9. The van der Waals surface area contributed by atoms with E-state index in [0.29, 0.717) is 12.0 Å². The van der Waals surface area contributed by atoms with Crippen molar-refractivity contribution in [3.63, 3.8) is 0 Å². The molecule has 0 bridgehead atoms. The van der Waals surface area contributed by atoms with E-state index in [1.807, 2.05) is 6.07 Å². The molecule has 5 heteroatoms. The normalized spacial score (nSPS) is 16.8. The summed E-state index contributed by atoms with van der Waals surface area (Å²) in [5.74, 6) is 0.576. The van der Waals surface area contributed by atoms with Gasteiger partial charge in [-0.25, -0.2) is 0 Å². The summed E-state index contributed by atoms with van der Waals surface area (Å²) in [4.78, 5) is 20.5. The minimum Gasteiger partial charge on any atom is -0.352 e. The largest absolute Gasteiger partial charge is 0.352 e. The van der Waals surface area contributed by atoms with Crippen LogP contribution in [0, 0.1) is 5.92 Å². The first kappa shape index (κ1) is 22.2. The second-order valence-corrected chi connectivity index (χ2v) is 9.96. The van der Waals surface area contributed by atoms with Crippen LogP contribution in [-0.2, 0) is 0 Å². The van der Waals surface area contributed by atoms with Crippen molar-refractivity contribution < 1.29 is 4.79 Å². The van der Waals surface area contributed by atoms with Gasteiger partial charge < -0.3 is 15.1 Å². The molecule has 1 saturated heterocycles. The van der Waals surface area contributed by atoms with Gasteiger partial charge in [-0.1, -0.05) is 50.6 Å². The average Bonchev–Trinajstić information content (AvgIpc) is 3.30. The number of anilines is 2. The highest BCUT2D eigenvalue weighted by molar-refractivity contribution is 7.99. The number of nitrogens with one attached hydrogen (secondary N) is 1. The summed E-state index contributed by atoms with van der Waals surface area (Å²) in [6.45, 7) is 10.9. The maximum atomic E-state index is 12.9. The fourth-order valence-electron chi connectivity index (χ4n) is 4.74. The minimum absolute atomic E-state index is 0.0331. The number of likely N-dealkylation sites (tertiary alicyclic amines) is 1. The molecule has 2 aliphatic heterocycles. The molecule has 0 aliphatic carbocycles. The summed E-state index contributed by atoms with van der Waals surface area (Å²) in [7, 11) is 0. The number of hydrogen-bond acceptors (Lipinski definition) is 4. The van der Waals surface area contributed by atoms with Crippen molar-refractivity contribution in [1.29, 1.82) is 0 Å². The second-order valence-electron chi connectivity index (χ2n) is 8.87. The van der Waals surface area contributed by atoms with E-state index in [2.05, 4.69) is 72.3 Å². The molecule has 0 spiro atoms. The average molecular weight is 438 g/mol. The molecular formula is C26H35N3OS. The molecule has 4 nitrogen and oxygen atoms in total. The number of carbonyl (C=O) groups excluding carboxylic acids is 1. The summed E-state index contributed by atoms with van der Waals surface area (Å²) in [5, 5.41) is 3.16. The van der Waals surface area contributed by atoms with Gasteiger partial charge in [0.1, 0.15) is 0 Å². The van der Waals surface area contributed by atoms with Crippen LogP contribution in [0.1, 0.15) is 56.8 Å². The van der Waals surface area contributed by atoms with E-state index in [9.17, 15) is 4.79 Å². The molecule has 2 aliphatic rings. The molecule has 166 valence electrons. The van der Waals surface area contributed by atoms with Crippen LogP contribution in [0.25, 0.3) is 0 Å². The van der Waals surface area contributed by atoms with Gasteiger partial charge in [0, 0.05) is 34.5 Å². The second kappa shape index (κ2) is 10.1. The van der Waals surface area contributed by atoms with Crippen LogP contribution in [0.5, 0.6) is 0 Å². The van der Waals surface area contributed by atoms with Crippen molar-refractivity contribution in [2.45, 2.75) is 62.3 Å². The number of rotatable bonds is 8. The lowest BCUT2D eigenvalue weighted by molar-refractivity contribution is 0.0946. The SMILES string of the molecule is CCC(CC)CNC(=O)c1ccc2c(c1)N(C(C)CN1CCCC1)c1ccccc1S2. The van der Waals surface area contributed by atoms with Crippen LogP contribution in [0.2, 0.25) is 0 Å². The van der Waals surface area contributed by atoms with Crippen molar-refractivity contribution in [2.24, 2.45) is 5.92 Å². The lowest BCUT2D eigenvalue weighted by Gasteiger charge is -2.39. The van der Waals surface area contributed by atoms with E-state index in [4.69, 9.17) is 0 Å². The smallest absolute Gasteiger partial charge is 0.251 e. The molecule has 0 saturated carbocycles. The number of fused-ring (bicyclic) bond motifs is 2. The van der Waals surface area contributed by atoms with Crippen molar-refractivity contribution >= 4 is 29.0 Å². The van der Waals surface area contributed by atoms with Gasteiger partial charge in [0.2, 0.25) is 0 Å². The van der Waals surface area contributed by atoms with Gasteiger partial charge in [0.05, 0.1) is 11.4 Å². The van der Waals surface area contributed by atoms with Gasteiger partial charge in [-0.15, -0.1) is 0 Å². The van der Waals surface area contributed by atoms with Crippen molar-refractivity contribution in [1.82, 2.24) is 10.2 Å². The number of nitrogens with zero attached hydrogens (tertiary/aromatic N) is 2. The molecule has 2 heterocycles. The van der Waals surface area contributed by atoms with E-state index in [1.165, 1.54) is 41.4 Å². The summed E-state index contributed by atoms with van der Waals surface area (Å²) in [6, 6.07) is 15.2. The predicted octanol–water partition coefficient (Wildman–Crippen LogP) is 5.94. The monoisotopic (exact) mass is 437 g/mol. The highest BCUT2D eigenvalue weighted by Crippen LogP contribution is 2.49. The fourth-order valence-corrected chi connectivity index (χ4v) is 5.79. The van der Waals surface area contributed by atoms with E-state index in [1.54, 1.807) is 11.8 Å². The van der Waals surface area contributed by atoms with Crippen LogP contribution in [0.4, 0.5) is 11.4 Å². The van der Waals surface area contributed by atoms with Gasteiger partial charge in [-0.3, -0.25) is 4.79 Å². The summed E-state index contributed by atoms with van der Waals surface area (Å²) in [5.41, 5.74) is 3.16. The Morgan fingerprint density at radius 2 is 1.74 bits per heavy atom. The zero-order chi connectivity index (χ0) is 21.8. The van der Waals surface area contributed by atoms with Crippen LogP contribution in [0.3, 0.4) is 0 Å². The first-order valence-corrected chi connectivity index (χ1v) is 12.6. The molecule has 2 aromatic carbocycles. The Morgan fingerprint density at radius 3 is 2.48 bits per heavy atom. The third kappa shape index (κ3) is 4.93. The van der Waals surface area contributed by atoms with Crippen LogP contribution in [-0.4, -0.2) is 43.0 Å². The molecular weight excluding hydrogens is 402 g/mol. The molecule has 0 aromatic heterocycles. The lowest BCUT2D eigenvalue weighted by Crippen LogP contribution is -2.40. The number of para-hydroxylation sites is 1. The molecule has 1 unspecified atom stereocenters. The van der Waals surface area contributed by atoms with Gasteiger partial charge >= 0.3 is 0 Å². The maximum absolute atomic E-state index is 12.9. The third-order valence-corrected chi connectivity index (χ3v) is 7.82. The highest BCUT2D eigenvalue weighted by atomic mass is 32.2. The van der Waals surface area contributed by atoms with Crippen molar-refractivity contribution in [3.8, 4) is 0 Å². The Hall–Kier alpha value is -1.98. The van der Waals surface area contributed by atoms with E-state index in [0.717, 1.165) is 37.2 Å². The Bertz CT molecular complexity index is 905. The van der Waals surface area contributed by atoms with Gasteiger partial charge in [-0.05, 0) is 69.1 Å². The Balaban J connectivity index is 1.61. The lowest BCUT2D eigenvalue weighted by atomic mass is 10.0. The highest BCUT2D eigenvalue weighted by Gasteiger charge is 2.29. The molecule has 1 amide bonds. The van der Waals surface area contributed by atoms with Gasteiger partial charge in [0.25, 0.3) is 5.91 Å². The molecule has 31 heavy (non-hydrogen) atoms. The minimum atomic E-state index is 0.0331. The summed E-state index contributed by atoms with van der Waals surface area (Å²) in [6.07, 6.45) is 4.79. The van der Waals surface area contributed by atoms with E-state index < -0.39 is 0 Å². The fraction of sp³-hybridized carbons (Fsp3) is 0.500. The molecule has 0 radical (unpaired) electrons. The predicted molar refractivity (Wildman–Crippen MR) is 131 cm³/mol. The zero-order valence-electron chi connectivity index (χ0n) is 19.1. The van der Waals surface area contributed by atoms with Crippen LogP contribution < -0.4 is 10.2 Å². The number of amides is 1. The summed E-state index contributed by atoms with van der Waals surface area (Å²) < 4.78 is 0. The standard InChI is InChI=1S/C26H35N3OS/c1-4-20(5-2)17-27-26(30)21-12-13-25-23(16-21)29(19(3)18-28-14-8-9-15-28)22-10-6-7-11-24(22)31-25/h6-7,10-13,16,19-20H,4-5,8-9,14-15,17-18H2,1-3H3,(H,27,30). The van der Waals surface area contributed by atoms with Crippen LogP contribution in [0.15, 0.2) is 52.3 Å². The quantitative estimate of drug-likeness (QED) is 0.554. The molecule has 2 aromatic rings. The summed E-state index contributed by atoms with van der Waals surface area (Å²) >= 11 is 1.81. The van der Waals surface area contributed by atoms with E-state index >= 15 is 0 Å². The Morgan fingerprint density at radius 1 is 1.03 bits per heavy atom. The van der Waals surface area contributed by atoms with E-state index in [-0.39, 0.29) is 5.91 Å². The first-order chi connectivity index (χ1) is 15.1. The molecule has 1 atom stereocenters. The molecule has 1 fully saturated rings. The van der Waals surface area contributed by atoms with Gasteiger partial charge in [-0.2, -0.15) is 0 Å². The topological polar surface area (TPSA) is 35.6 Å². The number of hydrogen-bond donors (Lipinski definition) is 1. The van der Waals surface area contributed by atoms with Crippen molar-refractivity contribution in [2.75, 3.05) is 31.1 Å². The number of carbonyl (C=O) groups is 1. The van der Waals surface area contributed by atoms with Crippen LogP contribution >= 0.6 is 11.8 Å². The molecule has 1 N–H and O–H groups in total.